The van der Waals surface area contributed by atoms with Gasteiger partial charge in [-0.25, -0.2) is 4.79 Å². The second kappa shape index (κ2) is 5.05. The largest absolute Gasteiger partial charge is 0.504 e. The Morgan fingerprint density at radius 3 is 2.60 bits per heavy atom. The van der Waals surface area contributed by atoms with Gasteiger partial charge < -0.3 is 14.9 Å². The fraction of sp³-hybridized carbons (Fsp3) is 0.231. The molecule has 0 saturated heterocycles. The summed E-state index contributed by atoms with van der Waals surface area (Å²) < 4.78 is 6.43. The van der Waals surface area contributed by atoms with E-state index in [0.29, 0.717) is 21.8 Å². The Kier molecular flexibility index (Phi) is 3.59. The number of nitrogens with zero attached hydrogens (tertiary/aromatic N) is 2. The number of rotatable bonds is 3. The summed E-state index contributed by atoms with van der Waals surface area (Å²) in [5.41, 5.74) is 1.27. The normalized spacial score (nSPS) is 10.6. The topological polar surface area (TPSA) is 84.6 Å². The van der Waals surface area contributed by atoms with Gasteiger partial charge in [0.05, 0.1) is 23.4 Å². The van der Waals surface area contributed by atoms with E-state index in [1.165, 1.54) is 17.9 Å². The molecule has 0 fully saturated rings. The molecule has 6 nitrogen and oxygen atoms in total. The van der Waals surface area contributed by atoms with Gasteiger partial charge in [0.25, 0.3) is 0 Å². The molecule has 0 unspecified atom stereocenters. The Morgan fingerprint density at radius 1 is 1.45 bits per heavy atom. The predicted octanol–water partition coefficient (Wildman–Crippen LogP) is 2.46. The van der Waals surface area contributed by atoms with Crippen LogP contribution in [0.4, 0.5) is 0 Å². The van der Waals surface area contributed by atoms with E-state index in [9.17, 15) is 9.90 Å². The molecule has 0 bridgehead atoms. The van der Waals surface area contributed by atoms with E-state index in [2.05, 4.69) is 5.10 Å². The number of aromatic nitrogens is 2. The number of benzene rings is 1. The average Bonchev–Trinajstić information content (AvgIpc) is 2.77. The maximum Gasteiger partial charge on any atom is 0.356 e. The molecule has 2 rings (SSSR count). The van der Waals surface area contributed by atoms with Gasteiger partial charge in [0.1, 0.15) is 0 Å². The molecule has 2 N–H and O–H groups in total. The number of methoxy groups -OCH3 is 1. The Balaban J connectivity index is 2.75. The highest BCUT2D eigenvalue weighted by atomic mass is 35.5. The van der Waals surface area contributed by atoms with Crippen LogP contribution in [0.3, 0.4) is 0 Å². The lowest BCUT2D eigenvalue weighted by atomic mass is 10.1. The summed E-state index contributed by atoms with van der Waals surface area (Å²) in [6.45, 7) is 1.77. The second-order valence-electron chi connectivity index (χ2n) is 4.28. The van der Waals surface area contributed by atoms with Crippen molar-refractivity contribution in [1.82, 2.24) is 9.78 Å². The van der Waals surface area contributed by atoms with Crippen LogP contribution in [0.25, 0.3) is 11.3 Å². The highest BCUT2D eigenvalue weighted by Crippen LogP contribution is 2.44. The molecule has 0 spiro atoms. The van der Waals surface area contributed by atoms with Crippen molar-refractivity contribution in [1.29, 1.82) is 0 Å². The Labute approximate surface area is 120 Å². The monoisotopic (exact) mass is 296 g/mol. The number of phenolic OH excluding ortho intramolecular Hbond substituents is 1. The molecular weight excluding hydrogens is 284 g/mol. The van der Waals surface area contributed by atoms with Crippen LogP contribution in [0.5, 0.6) is 11.5 Å². The molecule has 0 amide bonds. The molecule has 1 aromatic carbocycles. The van der Waals surface area contributed by atoms with E-state index in [4.69, 9.17) is 21.4 Å². The van der Waals surface area contributed by atoms with Crippen molar-refractivity contribution in [2.45, 2.75) is 6.92 Å². The molecule has 106 valence electrons. The number of aromatic hydroxyl groups is 1. The lowest BCUT2D eigenvalue weighted by Gasteiger charge is -2.13. The Hall–Kier alpha value is -2.21. The fourth-order valence-electron chi connectivity index (χ4n) is 1.95. The molecule has 1 heterocycles. The molecule has 0 radical (unpaired) electrons. The molecule has 20 heavy (non-hydrogen) atoms. The van der Waals surface area contributed by atoms with E-state index in [1.807, 2.05) is 0 Å². The summed E-state index contributed by atoms with van der Waals surface area (Å²) in [4.78, 5) is 11.0. The average molecular weight is 297 g/mol. The van der Waals surface area contributed by atoms with Crippen LogP contribution in [0.2, 0.25) is 5.02 Å². The molecule has 7 heteroatoms. The van der Waals surface area contributed by atoms with Gasteiger partial charge >= 0.3 is 5.97 Å². The third-order valence-electron chi connectivity index (χ3n) is 2.96. The van der Waals surface area contributed by atoms with E-state index in [-0.39, 0.29) is 17.2 Å². The number of carboxylic acids is 1. The highest BCUT2D eigenvalue weighted by Gasteiger charge is 2.21. The molecular formula is C13H13ClN2O4. The van der Waals surface area contributed by atoms with Crippen LogP contribution in [-0.4, -0.2) is 33.1 Å². The molecule has 0 atom stereocenters. The first-order chi connectivity index (χ1) is 9.36. The zero-order chi connectivity index (χ0) is 15.0. The quantitative estimate of drug-likeness (QED) is 0.909. The van der Waals surface area contributed by atoms with Gasteiger partial charge in [0, 0.05) is 7.05 Å². The molecule has 0 aliphatic carbocycles. The number of carbonyl (C=O) groups is 1. The van der Waals surface area contributed by atoms with Crippen LogP contribution in [0, 0.1) is 6.92 Å². The number of aromatic carboxylic acids is 1. The molecule has 0 aliphatic rings. The molecule has 2 aromatic rings. The van der Waals surface area contributed by atoms with Gasteiger partial charge in [-0.1, -0.05) is 11.6 Å². The zero-order valence-corrected chi connectivity index (χ0v) is 11.9. The van der Waals surface area contributed by atoms with Crippen molar-refractivity contribution >= 4 is 17.6 Å². The molecule has 1 aromatic heterocycles. The van der Waals surface area contributed by atoms with E-state index in [0.717, 1.165) is 0 Å². The number of phenols is 1. The van der Waals surface area contributed by atoms with Crippen molar-refractivity contribution in [2.75, 3.05) is 7.11 Å². The van der Waals surface area contributed by atoms with E-state index < -0.39 is 5.97 Å². The number of aryl methyl sites for hydroxylation is 2. The minimum Gasteiger partial charge on any atom is -0.504 e. The number of halogens is 1. The van der Waals surface area contributed by atoms with Crippen LogP contribution in [-0.2, 0) is 7.05 Å². The maximum atomic E-state index is 11.0. The SMILES string of the molecule is COc1cc(C)c(Cl)c(-c2cc(C(=O)O)nn2C)c1O. The summed E-state index contributed by atoms with van der Waals surface area (Å²) in [5.74, 6) is -1.04. The smallest absolute Gasteiger partial charge is 0.356 e. The number of carboxylic acid groups (broad SMARTS) is 1. The number of hydrogen-bond donors (Lipinski definition) is 2. The van der Waals surface area contributed by atoms with Crippen molar-refractivity contribution in [3.8, 4) is 22.8 Å². The van der Waals surface area contributed by atoms with Crippen LogP contribution < -0.4 is 4.74 Å². The van der Waals surface area contributed by atoms with Gasteiger partial charge in [-0.3, -0.25) is 4.68 Å². The van der Waals surface area contributed by atoms with Crippen molar-refractivity contribution in [3.63, 3.8) is 0 Å². The van der Waals surface area contributed by atoms with Crippen molar-refractivity contribution < 1.29 is 19.7 Å². The lowest BCUT2D eigenvalue weighted by Crippen LogP contribution is -1.99. The number of ether oxygens (including phenoxy) is 1. The third kappa shape index (κ3) is 2.18. The predicted molar refractivity (Wildman–Crippen MR) is 73.6 cm³/mol. The standard InChI is InChI=1S/C13H13ClN2O4/c1-6-4-9(20-3)12(17)10(11(6)14)8-5-7(13(18)19)15-16(8)2/h4-5,17H,1-3H3,(H,18,19). The first kappa shape index (κ1) is 14.2. The van der Waals surface area contributed by atoms with Gasteiger partial charge in [-0.05, 0) is 24.6 Å². The molecule has 0 aliphatic heterocycles. The van der Waals surface area contributed by atoms with Crippen molar-refractivity contribution in [2.24, 2.45) is 7.05 Å². The van der Waals surface area contributed by atoms with Crippen LogP contribution >= 0.6 is 11.6 Å². The second-order valence-corrected chi connectivity index (χ2v) is 4.65. The maximum absolute atomic E-state index is 11.0. The number of hydrogen-bond acceptors (Lipinski definition) is 4. The van der Waals surface area contributed by atoms with Gasteiger partial charge in [-0.15, -0.1) is 0 Å². The summed E-state index contributed by atoms with van der Waals surface area (Å²) in [6.07, 6.45) is 0. The first-order valence-corrected chi connectivity index (χ1v) is 6.08. The Morgan fingerprint density at radius 2 is 2.10 bits per heavy atom. The minimum absolute atomic E-state index is 0.126. The van der Waals surface area contributed by atoms with Crippen LogP contribution in [0.15, 0.2) is 12.1 Å². The fourth-order valence-corrected chi connectivity index (χ4v) is 2.19. The van der Waals surface area contributed by atoms with Crippen molar-refractivity contribution in [3.05, 3.63) is 28.4 Å². The summed E-state index contributed by atoms with van der Waals surface area (Å²) in [6, 6.07) is 2.96. The van der Waals surface area contributed by atoms with Gasteiger partial charge in [-0.2, -0.15) is 5.10 Å². The summed E-state index contributed by atoms with van der Waals surface area (Å²) in [7, 11) is 3.00. The molecule has 0 saturated carbocycles. The third-order valence-corrected chi connectivity index (χ3v) is 3.45. The Bertz CT molecular complexity index is 694. The van der Waals surface area contributed by atoms with Crippen LogP contribution in [0.1, 0.15) is 16.1 Å². The zero-order valence-electron chi connectivity index (χ0n) is 11.1. The van der Waals surface area contributed by atoms with Gasteiger partial charge in [0.2, 0.25) is 0 Å². The minimum atomic E-state index is -1.15. The first-order valence-electron chi connectivity index (χ1n) is 5.70. The lowest BCUT2D eigenvalue weighted by molar-refractivity contribution is 0.0689. The highest BCUT2D eigenvalue weighted by molar-refractivity contribution is 6.34. The summed E-state index contributed by atoms with van der Waals surface area (Å²) in [5, 5.41) is 23.4. The summed E-state index contributed by atoms with van der Waals surface area (Å²) >= 11 is 6.22. The van der Waals surface area contributed by atoms with E-state index >= 15 is 0 Å². The van der Waals surface area contributed by atoms with E-state index in [1.54, 1.807) is 20.0 Å². The van der Waals surface area contributed by atoms with Gasteiger partial charge in [0.15, 0.2) is 17.2 Å².